The van der Waals surface area contributed by atoms with Gasteiger partial charge in [0.15, 0.2) is 5.11 Å². The molecule has 0 aromatic heterocycles. The summed E-state index contributed by atoms with van der Waals surface area (Å²) in [6, 6.07) is 5.95. The summed E-state index contributed by atoms with van der Waals surface area (Å²) in [7, 11) is 0. The molecule has 3 rings (SSSR count). The largest absolute Gasteiger partial charge is 0.459 e. The number of nitro groups is 1. The molecule has 8 heteroatoms. The third kappa shape index (κ3) is 3.55. The number of hydrogen-bond donors (Lipinski definition) is 1. The molecule has 0 amide bonds. The maximum Gasteiger partial charge on any atom is 0.338 e. The van der Waals surface area contributed by atoms with E-state index in [4.69, 9.17) is 17.0 Å². The first-order valence-electron chi connectivity index (χ1n) is 8.55. The Labute approximate surface area is 157 Å². The predicted octanol–water partition coefficient (Wildman–Crippen LogP) is 3.21. The highest BCUT2D eigenvalue weighted by Gasteiger charge is 2.41. The zero-order chi connectivity index (χ0) is 19.0. The van der Waals surface area contributed by atoms with Crippen molar-refractivity contribution in [2.24, 2.45) is 0 Å². The maximum absolute atomic E-state index is 12.8. The van der Waals surface area contributed by atoms with Crippen molar-refractivity contribution in [2.75, 3.05) is 0 Å². The number of allylic oxidation sites excluding steroid dienone is 1. The van der Waals surface area contributed by atoms with Crippen LogP contribution in [-0.2, 0) is 9.53 Å². The molecule has 1 saturated carbocycles. The van der Waals surface area contributed by atoms with E-state index in [1.807, 2.05) is 11.8 Å². The number of rotatable bonds is 5. The zero-order valence-corrected chi connectivity index (χ0v) is 15.7. The van der Waals surface area contributed by atoms with E-state index < -0.39 is 16.9 Å². The second kappa shape index (κ2) is 7.03. The molecule has 0 bridgehead atoms. The molecule has 1 unspecified atom stereocenters. The molecule has 1 aromatic carbocycles. The molecule has 1 aromatic rings. The lowest BCUT2D eigenvalue weighted by molar-refractivity contribution is -0.384. The van der Waals surface area contributed by atoms with Gasteiger partial charge in [0.05, 0.1) is 22.6 Å². The topological polar surface area (TPSA) is 84.7 Å². The van der Waals surface area contributed by atoms with Crippen molar-refractivity contribution in [1.29, 1.82) is 0 Å². The first kappa shape index (κ1) is 18.3. The summed E-state index contributed by atoms with van der Waals surface area (Å²) < 4.78 is 5.44. The lowest BCUT2D eigenvalue weighted by Gasteiger charge is -2.38. The van der Waals surface area contributed by atoms with Crippen LogP contribution in [0.25, 0.3) is 0 Å². The van der Waals surface area contributed by atoms with Crippen molar-refractivity contribution in [3.05, 3.63) is 51.2 Å². The third-order valence-corrected chi connectivity index (χ3v) is 4.75. The van der Waals surface area contributed by atoms with Gasteiger partial charge in [0.1, 0.15) is 0 Å². The SMILES string of the molecule is CC1=C(C(=O)OC(C)C)C(c2ccc([N+](=O)[O-])cc2)NC(=S)N1C1CC1. The second-order valence-electron chi connectivity index (χ2n) is 6.79. The average Bonchev–Trinajstić information content (AvgIpc) is 3.38. The van der Waals surface area contributed by atoms with E-state index in [2.05, 4.69) is 5.32 Å². The summed E-state index contributed by atoms with van der Waals surface area (Å²) in [6.45, 7) is 5.48. The fraction of sp³-hybridized carbons (Fsp3) is 0.444. The zero-order valence-electron chi connectivity index (χ0n) is 14.9. The van der Waals surface area contributed by atoms with E-state index in [9.17, 15) is 14.9 Å². The molecule has 1 fully saturated rings. The molecule has 0 radical (unpaired) electrons. The van der Waals surface area contributed by atoms with Crippen molar-refractivity contribution >= 4 is 29.0 Å². The van der Waals surface area contributed by atoms with Gasteiger partial charge in [-0.2, -0.15) is 0 Å². The van der Waals surface area contributed by atoms with Crippen LogP contribution in [0.1, 0.15) is 45.2 Å². The number of benzene rings is 1. The summed E-state index contributed by atoms with van der Waals surface area (Å²) in [5, 5.41) is 14.7. The molecule has 1 heterocycles. The number of carbonyl (C=O) groups is 1. The summed E-state index contributed by atoms with van der Waals surface area (Å²) in [6.07, 6.45) is 1.82. The van der Waals surface area contributed by atoms with E-state index in [-0.39, 0.29) is 11.8 Å². The standard InChI is InChI=1S/C18H21N3O4S/c1-10(2)25-17(22)15-11(3)20(13-8-9-13)18(26)19-16(15)12-4-6-14(7-5-12)21(23)24/h4-7,10,13,16H,8-9H2,1-3H3,(H,19,26). The molecular formula is C18H21N3O4S. The highest BCUT2D eigenvalue weighted by molar-refractivity contribution is 7.80. The van der Waals surface area contributed by atoms with E-state index in [1.54, 1.807) is 26.0 Å². The van der Waals surface area contributed by atoms with E-state index >= 15 is 0 Å². The molecule has 26 heavy (non-hydrogen) atoms. The number of carbonyl (C=O) groups excluding carboxylic acids is 1. The average molecular weight is 375 g/mol. The van der Waals surface area contributed by atoms with Gasteiger partial charge in [-0.1, -0.05) is 0 Å². The lowest BCUT2D eigenvalue weighted by atomic mass is 9.94. The van der Waals surface area contributed by atoms with Crippen LogP contribution >= 0.6 is 12.2 Å². The Kier molecular flexibility index (Phi) is 4.95. The predicted molar refractivity (Wildman–Crippen MR) is 100 cm³/mol. The Morgan fingerprint density at radius 2 is 1.96 bits per heavy atom. The Balaban J connectivity index is 2.02. The third-order valence-electron chi connectivity index (χ3n) is 4.44. The Morgan fingerprint density at radius 1 is 1.35 bits per heavy atom. The van der Waals surface area contributed by atoms with Gasteiger partial charge < -0.3 is 15.0 Å². The number of nitrogens with zero attached hydrogens (tertiary/aromatic N) is 2. The van der Waals surface area contributed by atoms with Crippen LogP contribution in [0.5, 0.6) is 0 Å². The molecule has 1 N–H and O–H groups in total. The minimum Gasteiger partial charge on any atom is -0.459 e. The maximum atomic E-state index is 12.8. The van der Waals surface area contributed by atoms with Gasteiger partial charge in [0.25, 0.3) is 5.69 Å². The first-order valence-corrected chi connectivity index (χ1v) is 8.96. The van der Waals surface area contributed by atoms with Crippen molar-refractivity contribution in [2.45, 2.75) is 51.8 Å². The van der Waals surface area contributed by atoms with Gasteiger partial charge >= 0.3 is 5.97 Å². The number of nitrogens with one attached hydrogen (secondary N) is 1. The van der Waals surface area contributed by atoms with Gasteiger partial charge in [-0.05, 0) is 63.5 Å². The molecule has 1 aliphatic carbocycles. The summed E-state index contributed by atoms with van der Waals surface area (Å²) in [5.74, 6) is -0.401. The van der Waals surface area contributed by atoms with Crippen molar-refractivity contribution in [1.82, 2.24) is 10.2 Å². The Bertz CT molecular complexity index is 784. The highest BCUT2D eigenvalue weighted by atomic mass is 32.1. The van der Waals surface area contributed by atoms with Crippen LogP contribution in [0.15, 0.2) is 35.5 Å². The summed E-state index contributed by atoms with van der Waals surface area (Å²) in [4.78, 5) is 25.2. The van der Waals surface area contributed by atoms with Crippen LogP contribution in [0.4, 0.5) is 5.69 Å². The van der Waals surface area contributed by atoms with E-state index in [0.29, 0.717) is 16.7 Å². The minimum absolute atomic E-state index is 0.00116. The smallest absolute Gasteiger partial charge is 0.338 e. The van der Waals surface area contributed by atoms with E-state index in [1.165, 1.54) is 12.1 Å². The van der Waals surface area contributed by atoms with Crippen molar-refractivity contribution in [3.8, 4) is 0 Å². The second-order valence-corrected chi connectivity index (χ2v) is 7.17. The van der Waals surface area contributed by atoms with Crippen LogP contribution in [0.3, 0.4) is 0 Å². The van der Waals surface area contributed by atoms with Crippen molar-refractivity contribution < 1.29 is 14.5 Å². The van der Waals surface area contributed by atoms with Crippen LogP contribution in [0, 0.1) is 10.1 Å². The molecule has 138 valence electrons. The molecular weight excluding hydrogens is 354 g/mol. The Hall–Kier alpha value is -2.48. The quantitative estimate of drug-likeness (QED) is 0.366. The highest BCUT2D eigenvalue weighted by Crippen LogP contribution is 2.38. The number of nitro benzene ring substituents is 1. The van der Waals surface area contributed by atoms with Gasteiger partial charge in [-0.3, -0.25) is 10.1 Å². The number of ether oxygens (including phenoxy) is 1. The number of esters is 1. The fourth-order valence-corrected chi connectivity index (χ4v) is 3.51. The van der Waals surface area contributed by atoms with Crippen LogP contribution < -0.4 is 5.32 Å². The van der Waals surface area contributed by atoms with Gasteiger partial charge in [0.2, 0.25) is 0 Å². The van der Waals surface area contributed by atoms with Crippen molar-refractivity contribution in [3.63, 3.8) is 0 Å². The van der Waals surface area contributed by atoms with Gasteiger partial charge in [0, 0.05) is 23.9 Å². The molecule has 2 aliphatic rings. The van der Waals surface area contributed by atoms with Gasteiger partial charge in [-0.25, -0.2) is 4.79 Å². The summed E-state index contributed by atoms with van der Waals surface area (Å²) in [5.41, 5.74) is 2.00. The molecule has 0 spiro atoms. The van der Waals surface area contributed by atoms with Crippen LogP contribution in [0.2, 0.25) is 0 Å². The first-order chi connectivity index (χ1) is 12.3. The number of hydrogen-bond acceptors (Lipinski definition) is 5. The minimum atomic E-state index is -0.496. The molecule has 7 nitrogen and oxygen atoms in total. The van der Waals surface area contributed by atoms with Gasteiger partial charge in [-0.15, -0.1) is 0 Å². The number of thiocarbonyl (C=S) groups is 1. The molecule has 1 atom stereocenters. The number of non-ortho nitro benzene ring substituents is 1. The lowest BCUT2D eigenvalue weighted by Crippen LogP contribution is -2.48. The normalized spacial score (nSPS) is 20.2. The monoisotopic (exact) mass is 375 g/mol. The Morgan fingerprint density at radius 3 is 2.46 bits per heavy atom. The molecule has 0 saturated heterocycles. The van der Waals surface area contributed by atoms with E-state index in [0.717, 1.165) is 24.1 Å². The van der Waals surface area contributed by atoms with Crippen LogP contribution in [-0.4, -0.2) is 33.1 Å². The molecule has 1 aliphatic heterocycles. The summed E-state index contributed by atoms with van der Waals surface area (Å²) >= 11 is 5.51. The fourth-order valence-electron chi connectivity index (χ4n) is 3.11.